The van der Waals surface area contributed by atoms with E-state index in [1.54, 1.807) is 6.07 Å². The molecule has 0 saturated heterocycles. The number of hydrogen-bond acceptors (Lipinski definition) is 4. The van der Waals surface area contributed by atoms with E-state index in [0.29, 0.717) is 5.02 Å². The maximum absolute atomic E-state index is 12.1. The van der Waals surface area contributed by atoms with Crippen molar-refractivity contribution < 1.29 is 14.5 Å². The molecular weight excluding hydrogens is 393 g/mol. The summed E-state index contributed by atoms with van der Waals surface area (Å²) in [6.07, 6.45) is 0. The number of anilines is 1. The van der Waals surface area contributed by atoms with Gasteiger partial charge in [-0.25, -0.2) is 0 Å². The molecule has 0 aliphatic carbocycles. The van der Waals surface area contributed by atoms with Crippen molar-refractivity contribution in [1.82, 2.24) is 5.32 Å². The molecule has 25 heavy (non-hydrogen) atoms. The van der Waals surface area contributed by atoms with Crippen molar-refractivity contribution in [3.63, 3.8) is 0 Å². The Morgan fingerprint density at radius 3 is 2.36 bits per heavy atom. The molecule has 7 nitrogen and oxygen atoms in total. The molecule has 0 bridgehead atoms. The van der Waals surface area contributed by atoms with Gasteiger partial charge in [-0.2, -0.15) is 0 Å². The van der Waals surface area contributed by atoms with E-state index in [4.69, 9.17) is 34.8 Å². The molecule has 2 amide bonds. The van der Waals surface area contributed by atoms with Crippen molar-refractivity contribution in [2.45, 2.75) is 0 Å². The van der Waals surface area contributed by atoms with Gasteiger partial charge in [-0.05, 0) is 30.3 Å². The second-order valence-electron chi connectivity index (χ2n) is 4.77. The summed E-state index contributed by atoms with van der Waals surface area (Å²) in [5.41, 5.74) is -0.378. The molecule has 2 rings (SSSR count). The number of carbonyl (C=O) groups excluding carboxylic acids is 2. The Hall–Kier alpha value is -2.35. The second kappa shape index (κ2) is 8.15. The minimum atomic E-state index is -0.782. The predicted octanol–water partition coefficient (Wildman–Crippen LogP) is 3.92. The van der Waals surface area contributed by atoms with Gasteiger partial charge in [0.1, 0.15) is 5.56 Å². The van der Waals surface area contributed by atoms with Crippen LogP contribution in [-0.4, -0.2) is 23.3 Å². The molecule has 2 aromatic rings. The molecule has 0 heterocycles. The lowest BCUT2D eigenvalue weighted by Gasteiger charge is -2.09. The number of nitrogens with zero attached hydrogens (tertiary/aromatic N) is 1. The molecule has 2 N–H and O–H groups in total. The maximum Gasteiger partial charge on any atom is 0.283 e. The van der Waals surface area contributed by atoms with E-state index in [1.807, 2.05) is 0 Å². The van der Waals surface area contributed by atoms with Gasteiger partial charge < -0.3 is 10.6 Å². The first-order chi connectivity index (χ1) is 11.8. The molecule has 0 aliphatic heterocycles. The largest absolute Gasteiger partial charge is 0.343 e. The molecule has 2 aromatic carbocycles. The van der Waals surface area contributed by atoms with Gasteiger partial charge in [0.2, 0.25) is 5.91 Å². The molecule has 0 radical (unpaired) electrons. The van der Waals surface area contributed by atoms with E-state index >= 15 is 0 Å². The van der Waals surface area contributed by atoms with E-state index in [0.717, 1.165) is 6.07 Å². The summed E-state index contributed by atoms with van der Waals surface area (Å²) < 4.78 is 0. The summed E-state index contributed by atoms with van der Waals surface area (Å²) in [7, 11) is 0. The fourth-order valence-corrected chi connectivity index (χ4v) is 2.39. The lowest BCUT2D eigenvalue weighted by molar-refractivity contribution is -0.385. The Morgan fingerprint density at radius 1 is 1.04 bits per heavy atom. The van der Waals surface area contributed by atoms with Gasteiger partial charge in [0, 0.05) is 16.1 Å². The summed E-state index contributed by atoms with van der Waals surface area (Å²) in [5.74, 6) is -1.36. The number of rotatable bonds is 5. The third kappa shape index (κ3) is 5.06. The topological polar surface area (TPSA) is 101 Å². The van der Waals surface area contributed by atoms with E-state index < -0.39 is 29.0 Å². The minimum absolute atomic E-state index is 0.122. The summed E-state index contributed by atoms with van der Waals surface area (Å²) in [5, 5.41) is 16.5. The zero-order valence-electron chi connectivity index (χ0n) is 12.4. The zero-order chi connectivity index (χ0) is 18.6. The predicted molar refractivity (Wildman–Crippen MR) is 95.5 cm³/mol. The summed E-state index contributed by atoms with van der Waals surface area (Å²) in [6.45, 7) is -0.415. The van der Waals surface area contributed by atoms with Gasteiger partial charge in [-0.15, -0.1) is 0 Å². The van der Waals surface area contributed by atoms with E-state index in [1.165, 1.54) is 24.3 Å². The summed E-state index contributed by atoms with van der Waals surface area (Å²) in [4.78, 5) is 34.2. The third-order valence-electron chi connectivity index (χ3n) is 3.01. The van der Waals surface area contributed by atoms with Crippen LogP contribution in [-0.2, 0) is 4.79 Å². The zero-order valence-corrected chi connectivity index (χ0v) is 14.7. The molecule has 0 saturated carbocycles. The molecule has 130 valence electrons. The van der Waals surface area contributed by atoms with Crippen molar-refractivity contribution in [3.8, 4) is 0 Å². The highest BCUT2D eigenvalue weighted by Gasteiger charge is 2.21. The highest BCUT2D eigenvalue weighted by molar-refractivity contribution is 6.35. The van der Waals surface area contributed by atoms with E-state index in [2.05, 4.69) is 10.6 Å². The number of nitro benzene ring substituents is 1. The van der Waals surface area contributed by atoms with Crippen LogP contribution >= 0.6 is 34.8 Å². The van der Waals surface area contributed by atoms with Crippen LogP contribution in [0.1, 0.15) is 10.4 Å². The van der Waals surface area contributed by atoms with Crippen LogP contribution in [0.2, 0.25) is 15.1 Å². The first kappa shape index (κ1) is 19.0. The van der Waals surface area contributed by atoms with Crippen molar-refractivity contribution >= 4 is 58.0 Å². The molecule has 0 aliphatic rings. The Labute approximate surface area is 157 Å². The highest BCUT2D eigenvalue weighted by Crippen LogP contribution is 2.25. The Kier molecular flexibility index (Phi) is 6.19. The van der Waals surface area contributed by atoms with Crippen molar-refractivity contribution in [1.29, 1.82) is 0 Å². The standard InChI is InChI=1S/C15H10Cl3N3O4/c16-8-2-4-11(18)12(5-8)20-14(22)7-19-15(23)10-3-1-9(17)6-13(10)21(24)25/h1-6H,7H2,(H,19,23)(H,20,22). The van der Waals surface area contributed by atoms with Crippen LogP contribution in [0.4, 0.5) is 11.4 Å². The second-order valence-corrected chi connectivity index (χ2v) is 6.05. The number of nitrogens with one attached hydrogen (secondary N) is 2. The van der Waals surface area contributed by atoms with Crippen LogP contribution in [0.25, 0.3) is 0 Å². The monoisotopic (exact) mass is 401 g/mol. The number of halogens is 3. The molecule has 0 atom stereocenters. The fourth-order valence-electron chi connectivity index (χ4n) is 1.89. The average molecular weight is 403 g/mol. The number of amides is 2. The van der Waals surface area contributed by atoms with Gasteiger partial charge >= 0.3 is 0 Å². The Balaban J connectivity index is 2.04. The van der Waals surface area contributed by atoms with Crippen LogP contribution in [0.15, 0.2) is 36.4 Å². The summed E-state index contributed by atoms with van der Waals surface area (Å²) in [6, 6.07) is 8.13. The maximum atomic E-state index is 12.1. The molecule has 10 heteroatoms. The van der Waals surface area contributed by atoms with Gasteiger partial charge in [0.15, 0.2) is 0 Å². The van der Waals surface area contributed by atoms with Crippen LogP contribution < -0.4 is 10.6 Å². The minimum Gasteiger partial charge on any atom is -0.343 e. The quantitative estimate of drug-likeness (QED) is 0.584. The third-order valence-corrected chi connectivity index (χ3v) is 3.81. The lowest BCUT2D eigenvalue weighted by atomic mass is 10.1. The van der Waals surface area contributed by atoms with Crippen LogP contribution in [0, 0.1) is 10.1 Å². The lowest BCUT2D eigenvalue weighted by Crippen LogP contribution is -2.33. The van der Waals surface area contributed by atoms with E-state index in [-0.39, 0.29) is 21.3 Å². The van der Waals surface area contributed by atoms with Gasteiger partial charge in [0.05, 0.1) is 22.2 Å². The smallest absolute Gasteiger partial charge is 0.283 e. The normalized spacial score (nSPS) is 10.2. The highest BCUT2D eigenvalue weighted by atomic mass is 35.5. The molecule has 0 aromatic heterocycles. The van der Waals surface area contributed by atoms with Crippen molar-refractivity contribution in [3.05, 3.63) is 67.1 Å². The average Bonchev–Trinajstić information content (AvgIpc) is 2.56. The van der Waals surface area contributed by atoms with Gasteiger partial charge in [-0.1, -0.05) is 34.8 Å². The first-order valence-corrected chi connectivity index (χ1v) is 7.88. The van der Waals surface area contributed by atoms with Crippen molar-refractivity contribution in [2.75, 3.05) is 11.9 Å². The van der Waals surface area contributed by atoms with Crippen molar-refractivity contribution in [2.24, 2.45) is 0 Å². The number of hydrogen-bond donors (Lipinski definition) is 2. The van der Waals surface area contributed by atoms with Gasteiger partial charge in [-0.3, -0.25) is 19.7 Å². The van der Waals surface area contributed by atoms with Crippen LogP contribution in [0.5, 0.6) is 0 Å². The number of carbonyl (C=O) groups is 2. The molecule has 0 spiro atoms. The van der Waals surface area contributed by atoms with E-state index in [9.17, 15) is 19.7 Å². The number of nitro groups is 1. The van der Waals surface area contributed by atoms with Gasteiger partial charge in [0.25, 0.3) is 11.6 Å². The molecular formula is C15H10Cl3N3O4. The molecule has 0 unspecified atom stereocenters. The number of benzene rings is 2. The SMILES string of the molecule is O=C(CNC(=O)c1ccc(Cl)cc1[N+](=O)[O-])Nc1cc(Cl)ccc1Cl. The Bertz CT molecular complexity index is 858. The molecule has 0 fully saturated rings. The summed E-state index contributed by atoms with van der Waals surface area (Å²) >= 11 is 17.4. The fraction of sp³-hybridized carbons (Fsp3) is 0.0667. The van der Waals surface area contributed by atoms with Crippen LogP contribution in [0.3, 0.4) is 0 Å². The Morgan fingerprint density at radius 2 is 1.68 bits per heavy atom. The first-order valence-electron chi connectivity index (χ1n) is 6.75.